The van der Waals surface area contributed by atoms with Crippen LogP contribution in [0.25, 0.3) is 0 Å². The number of amides is 1. The first-order valence-corrected chi connectivity index (χ1v) is 8.24. The number of hydrogen-bond acceptors (Lipinski definition) is 4. The topological polar surface area (TPSA) is 67.6 Å². The number of anilines is 1. The average Bonchev–Trinajstić information content (AvgIpc) is 2.67. The molecule has 1 heterocycles. The van der Waals surface area contributed by atoms with Crippen LogP contribution in [0.15, 0.2) is 54.6 Å². The van der Waals surface area contributed by atoms with E-state index in [0.717, 1.165) is 43.1 Å². The molecule has 3 rings (SSSR count). The van der Waals surface area contributed by atoms with Crippen molar-refractivity contribution in [3.63, 3.8) is 0 Å². The van der Waals surface area contributed by atoms with Crippen molar-refractivity contribution in [3.8, 4) is 0 Å². The predicted molar refractivity (Wildman–Crippen MR) is 94.7 cm³/mol. The van der Waals surface area contributed by atoms with Crippen LogP contribution < -0.4 is 16.0 Å². The largest absolute Gasteiger partial charge is 0.378 e. The van der Waals surface area contributed by atoms with Gasteiger partial charge in [-0.15, -0.1) is 0 Å². The zero-order valence-corrected chi connectivity index (χ0v) is 13.7. The molecule has 2 aromatic rings. The van der Waals surface area contributed by atoms with Crippen molar-refractivity contribution in [2.45, 2.75) is 12.6 Å². The Morgan fingerprint density at radius 1 is 1.08 bits per heavy atom. The quantitative estimate of drug-likeness (QED) is 0.880. The molecule has 1 unspecified atom stereocenters. The van der Waals surface area contributed by atoms with Crippen LogP contribution in [-0.4, -0.2) is 32.2 Å². The Labute approximate surface area is 142 Å². The Hall–Kier alpha value is -2.37. The zero-order valence-electron chi connectivity index (χ0n) is 13.7. The normalized spacial score (nSPS) is 15.8. The van der Waals surface area contributed by atoms with Gasteiger partial charge in [0.2, 0.25) is 5.91 Å². The van der Waals surface area contributed by atoms with Crippen molar-refractivity contribution in [1.82, 2.24) is 5.32 Å². The first kappa shape index (κ1) is 16.5. The molecular weight excluding hydrogens is 302 g/mol. The van der Waals surface area contributed by atoms with Gasteiger partial charge in [-0.3, -0.25) is 4.79 Å². The second-order valence-electron chi connectivity index (χ2n) is 5.83. The molecule has 1 aliphatic rings. The number of nitrogens with one attached hydrogen (secondary N) is 1. The molecule has 3 N–H and O–H groups in total. The zero-order chi connectivity index (χ0) is 16.8. The lowest BCUT2D eigenvalue weighted by molar-refractivity contribution is -0.122. The molecule has 1 fully saturated rings. The number of nitrogens with two attached hydrogens (primary N) is 1. The fourth-order valence-electron chi connectivity index (χ4n) is 2.88. The molecule has 0 spiro atoms. The van der Waals surface area contributed by atoms with E-state index in [9.17, 15) is 4.79 Å². The van der Waals surface area contributed by atoms with Crippen molar-refractivity contribution in [1.29, 1.82) is 0 Å². The van der Waals surface area contributed by atoms with Crippen molar-refractivity contribution in [2.24, 2.45) is 5.73 Å². The van der Waals surface area contributed by atoms with Crippen LogP contribution in [0.4, 0.5) is 5.69 Å². The summed E-state index contributed by atoms with van der Waals surface area (Å²) in [5.41, 5.74) is 9.10. The molecule has 1 aliphatic heterocycles. The van der Waals surface area contributed by atoms with Gasteiger partial charge in [-0.25, -0.2) is 0 Å². The number of para-hydroxylation sites is 1. The predicted octanol–water partition coefficient (Wildman–Crippen LogP) is 1.84. The van der Waals surface area contributed by atoms with Crippen LogP contribution in [-0.2, 0) is 16.1 Å². The first-order chi connectivity index (χ1) is 11.8. The molecule has 1 atom stereocenters. The highest BCUT2D eigenvalue weighted by Gasteiger charge is 2.17. The maximum Gasteiger partial charge on any atom is 0.241 e. The minimum Gasteiger partial charge on any atom is -0.378 e. The second-order valence-corrected chi connectivity index (χ2v) is 5.83. The number of ether oxygens (including phenoxy) is 1. The summed E-state index contributed by atoms with van der Waals surface area (Å²) in [6, 6.07) is 16.9. The highest BCUT2D eigenvalue weighted by molar-refractivity contribution is 5.83. The molecule has 5 heteroatoms. The lowest BCUT2D eigenvalue weighted by Crippen LogP contribution is -2.38. The summed E-state index contributed by atoms with van der Waals surface area (Å²) in [4.78, 5) is 14.6. The number of nitrogens with zero attached hydrogens (tertiary/aromatic N) is 1. The van der Waals surface area contributed by atoms with E-state index >= 15 is 0 Å². The van der Waals surface area contributed by atoms with E-state index in [2.05, 4.69) is 16.3 Å². The maximum absolute atomic E-state index is 12.3. The summed E-state index contributed by atoms with van der Waals surface area (Å²) >= 11 is 0. The molecule has 0 radical (unpaired) electrons. The summed E-state index contributed by atoms with van der Waals surface area (Å²) in [7, 11) is 0. The molecule has 1 saturated heterocycles. The number of benzene rings is 2. The van der Waals surface area contributed by atoms with Crippen LogP contribution in [0.1, 0.15) is 17.2 Å². The van der Waals surface area contributed by atoms with Gasteiger partial charge in [0.15, 0.2) is 0 Å². The van der Waals surface area contributed by atoms with E-state index in [1.807, 2.05) is 48.5 Å². The molecule has 0 aromatic heterocycles. The summed E-state index contributed by atoms with van der Waals surface area (Å²) in [6.45, 7) is 3.68. The number of morpholine rings is 1. The Balaban J connectivity index is 1.65. The van der Waals surface area contributed by atoms with Crippen molar-refractivity contribution in [3.05, 3.63) is 65.7 Å². The van der Waals surface area contributed by atoms with E-state index in [1.54, 1.807) is 0 Å². The smallest absolute Gasteiger partial charge is 0.241 e. The van der Waals surface area contributed by atoms with Crippen molar-refractivity contribution >= 4 is 11.6 Å². The van der Waals surface area contributed by atoms with Crippen LogP contribution in [0.3, 0.4) is 0 Å². The van der Waals surface area contributed by atoms with Gasteiger partial charge in [0.1, 0.15) is 6.04 Å². The molecule has 5 nitrogen and oxygen atoms in total. The number of hydrogen-bond donors (Lipinski definition) is 2. The third-order valence-electron chi connectivity index (χ3n) is 4.24. The van der Waals surface area contributed by atoms with E-state index < -0.39 is 6.04 Å². The minimum absolute atomic E-state index is 0.169. The molecule has 0 bridgehead atoms. The number of rotatable bonds is 5. The number of carbonyl (C=O) groups is 1. The monoisotopic (exact) mass is 325 g/mol. The molecule has 0 saturated carbocycles. The molecular formula is C19H23N3O2. The summed E-state index contributed by atoms with van der Waals surface area (Å²) in [5.74, 6) is -0.169. The maximum atomic E-state index is 12.3. The second kappa shape index (κ2) is 7.95. The summed E-state index contributed by atoms with van der Waals surface area (Å²) in [5, 5.41) is 2.95. The Bertz CT molecular complexity index is 669. The fourth-order valence-corrected chi connectivity index (χ4v) is 2.88. The first-order valence-electron chi connectivity index (χ1n) is 8.24. The van der Waals surface area contributed by atoms with Crippen LogP contribution >= 0.6 is 0 Å². The molecule has 24 heavy (non-hydrogen) atoms. The summed E-state index contributed by atoms with van der Waals surface area (Å²) < 4.78 is 5.41. The Morgan fingerprint density at radius 2 is 1.75 bits per heavy atom. The van der Waals surface area contributed by atoms with Gasteiger partial charge < -0.3 is 20.7 Å². The van der Waals surface area contributed by atoms with Gasteiger partial charge >= 0.3 is 0 Å². The van der Waals surface area contributed by atoms with E-state index in [1.165, 1.54) is 0 Å². The third-order valence-corrected chi connectivity index (χ3v) is 4.24. The Kier molecular flexibility index (Phi) is 5.46. The van der Waals surface area contributed by atoms with Gasteiger partial charge in [0, 0.05) is 25.3 Å². The van der Waals surface area contributed by atoms with Gasteiger partial charge in [0.05, 0.1) is 13.2 Å². The molecule has 1 amide bonds. The standard InChI is InChI=1S/C19H23N3O2/c20-18(15-6-2-1-3-7-15)19(23)21-14-16-8-4-5-9-17(16)22-10-12-24-13-11-22/h1-9,18H,10-14,20H2,(H,21,23). The average molecular weight is 325 g/mol. The highest BCUT2D eigenvalue weighted by atomic mass is 16.5. The van der Waals surface area contributed by atoms with E-state index in [-0.39, 0.29) is 5.91 Å². The van der Waals surface area contributed by atoms with Gasteiger partial charge in [-0.05, 0) is 17.2 Å². The lowest BCUT2D eigenvalue weighted by Gasteiger charge is -2.30. The van der Waals surface area contributed by atoms with Gasteiger partial charge in [0.25, 0.3) is 0 Å². The molecule has 0 aliphatic carbocycles. The third kappa shape index (κ3) is 3.93. The SMILES string of the molecule is NC(C(=O)NCc1ccccc1N1CCOCC1)c1ccccc1. The molecule has 126 valence electrons. The van der Waals surface area contributed by atoms with E-state index in [0.29, 0.717) is 6.54 Å². The van der Waals surface area contributed by atoms with Crippen LogP contribution in [0.5, 0.6) is 0 Å². The van der Waals surface area contributed by atoms with Crippen molar-refractivity contribution < 1.29 is 9.53 Å². The van der Waals surface area contributed by atoms with Crippen LogP contribution in [0, 0.1) is 0 Å². The van der Waals surface area contributed by atoms with Crippen LogP contribution in [0.2, 0.25) is 0 Å². The van der Waals surface area contributed by atoms with Gasteiger partial charge in [-0.1, -0.05) is 48.5 Å². The Morgan fingerprint density at radius 3 is 2.50 bits per heavy atom. The van der Waals surface area contributed by atoms with Gasteiger partial charge in [-0.2, -0.15) is 0 Å². The number of carbonyl (C=O) groups excluding carboxylic acids is 1. The van der Waals surface area contributed by atoms with Crippen molar-refractivity contribution in [2.75, 3.05) is 31.2 Å². The highest BCUT2D eigenvalue weighted by Crippen LogP contribution is 2.21. The summed E-state index contributed by atoms with van der Waals surface area (Å²) in [6.07, 6.45) is 0. The minimum atomic E-state index is -0.651. The molecule has 2 aromatic carbocycles. The fraction of sp³-hybridized carbons (Fsp3) is 0.316. The van der Waals surface area contributed by atoms with E-state index in [4.69, 9.17) is 10.5 Å². The lowest BCUT2D eigenvalue weighted by atomic mass is 10.1.